The molecule has 2 aromatic carbocycles. The third kappa shape index (κ3) is 4.88. The van der Waals surface area contributed by atoms with E-state index < -0.39 is 0 Å². The van der Waals surface area contributed by atoms with Crippen LogP contribution in [0.25, 0.3) is 5.69 Å². The Morgan fingerprint density at radius 1 is 1.13 bits per heavy atom. The molecule has 1 aliphatic rings. The van der Waals surface area contributed by atoms with E-state index in [0.29, 0.717) is 10.2 Å². The molecule has 1 amide bonds. The molecule has 1 aromatic heterocycles. The number of thioether (sulfide) groups is 1. The first-order valence-corrected chi connectivity index (χ1v) is 11.7. The van der Waals surface area contributed by atoms with Gasteiger partial charge < -0.3 is 10.2 Å². The summed E-state index contributed by atoms with van der Waals surface area (Å²) in [6.45, 7) is 7.82. The van der Waals surface area contributed by atoms with Crippen molar-refractivity contribution >= 4 is 40.9 Å². The standard InChI is InChI=1S/C23H26ClN5OS/c1-15-9-10-20(16(2)13-15)25-21(30)17(3)31-23-27-26-22(28-11-4-5-12-28)29(23)19-8-6-7-18(24)14-19/h6-10,13-14,17H,4-5,11-12H2,1-3H3,(H,25,30). The Bertz CT molecular complexity index is 1090. The van der Waals surface area contributed by atoms with E-state index in [0.717, 1.165) is 48.8 Å². The normalized spacial score (nSPS) is 14.6. The van der Waals surface area contributed by atoms with Gasteiger partial charge in [-0.05, 0) is 63.4 Å². The van der Waals surface area contributed by atoms with Gasteiger partial charge in [-0.3, -0.25) is 9.36 Å². The molecule has 1 aliphatic heterocycles. The van der Waals surface area contributed by atoms with E-state index in [4.69, 9.17) is 11.6 Å². The highest BCUT2D eigenvalue weighted by atomic mass is 35.5. The van der Waals surface area contributed by atoms with Crippen LogP contribution < -0.4 is 10.2 Å². The number of rotatable bonds is 6. The first-order valence-electron chi connectivity index (χ1n) is 10.4. The van der Waals surface area contributed by atoms with Crippen LogP contribution in [0.2, 0.25) is 5.02 Å². The summed E-state index contributed by atoms with van der Waals surface area (Å²) in [7, 11) is 0. The van der Waals surface area contributed by atoms with Crippen LogP contribution in [0.15, 0.2) is 47.6 Å². The largest absolute Gasteiger partial charge is 0.341 e. The Kier molecular flexibility index (Phi) is 6.53. The molecule has 0 aliphatic carbocycles. The average molecular weight is 456 g/mol. The average Bonchev–Trinajstić information content (AvgIpc) is 3.39. The minimum absolute atomic E-state index is 0.0691. The smallest absolute Gasteiger partial charge is 0.237 e. The fourth-order valence-electron chi connectivity index (χ4n) is 3.70. The molecule has 1 fully saturated rings. The summed E-state index contributed by atoms with van der Waals surface area (Å²) in [5.41, 5.74) is 3.94. The molecule has 1 N–H and O–H groups in total. The summed E-state index contributed by atoms with van der Waals surface area (Å²) in [6.07, 6.45) is 2.28. The van der Waals surface area contributed by atoms with E-state index >= 15 is 0 Å². The monoisotopic (exact) mass is 455 g/mol. The van der Waals surface area contributed by atoms with Gasteiger partial charge in [-0.1, -0.05) is 47.1 Å². The van der Waals surface area contributed by atoms with Crippen molar-refractivity contribution in [3.63, 3.8) is 0 Å². The van der Waals surface area contributed by atoms with Crippen molar-refractivity contribution in [3.8, 4) is 5.69 Å². The number of nitrogens with one attached hydrogen (secondary N) is 1. The number of nitrogens with zero attached hydrogens (tertiary/aromatic N) is 4. The molecule has 1 saturated heterocycles. The predicted octanol–water partition coefficient (Wildman–Crippen LogP) is 5.26. The lowest BCUT2D eigenvalue weighted by molar-refractivity contribution is -0.115. The number of benzene rings is 2. The molecule has 3 aromatic rings. The van der Waals surface area contributed by atoms with Crippen LogP contribution in [0.1, 0.15) is 30.9 Å². The van der Waals surface area contributed by atoms with Crippen LogP contribution in [0.3, 0.4) is 0 Å². The van der Waals surface area contributed by atoms with Crippen LogP contribution >= 0.6 is 23.4 Å². The van der Waals surface area contributed by atoms with Crippen LogP contribution in [0.5, 0.6) is 0 Å². The molecule has 2 heterocycles. The number of anilines is 2. The van der Waals surface area contributed by atoms with E-state index in [1.807, 2.05) is 61.7 Å². The Morgan fingerprint density at radius 2 is 1.90 bits per heavy atom. The van der Waals surface area contributed by atoms with Gasteiger partial charge in [0.05, 0.1) is 10.9 Å². The third-order valence-corrected chi connectivity index (χ3v) is 6.64. The molecule has 1 atom stereocenters. The van der Waals surface area contributed by atoms with Gasteiger partial charge in [0.2, 0.25) is 11.9 Å². The highest BCUT2D eigenvalue weighted by Gasteiger charge is 2.25. The van der Waals surface area contributed by atoms with E-state index in [2.05, 4.69) is 26.5 Å². The number of aromatic nitrogens is 3. The topological polar surface area (TPSA) is 63.1 Å². The summed E-state index contributed by atoms with van der Waals surface area (Å²) in [5.74, 6) is 0.726. The minimum Gasteiger partial charge on any atom is -0.341 e. The molecule has 8 heteroatoms. The highest BCUT2D eigenvalue weighted by molar-refractivity contribution is 8.00. The van der Waals surface area contributed by atoms with Gasteiger partial charge in [0.1, 0.15) is 0 Å². The van der Waals surface area contributed by atoms with Crippen molar-refractivity contribution < 1.29 is 4.79 Å². The molecule has 0 radical (unpaired) electrons. The van der Waals surface area contributed by atoms with E-state index in [9.17, 15) is 4.79 Å². The van der Waals surface area contributed by atoms with Gasteiger partial charge in [0.15, 0.2) is 5.16 Å². The van der Waals surface area contributed by atoms with Crippen molar-refractivity contribution in [1.29, 1.82) is 0 Å². The second kappa shape index (κ2) is 9.32. The fraction of sp³-hybridized carbons (Fsp3) is 0.348. The maximum absolute atomic E-state index is 12.9. The maximum atomic E-state index is 12.9. The molecule has 162 valence electrons. The Morgan fingerprint density at radius 3 is 2.61 bits per heavy atom. The van der Waals surface area contributed by atoms with Crippen molar-refractivity contribution in [1.82, 2.24) is 14.8 Å². The zero-order valence-electron chi connectivity index (χ0n) is 17.9. The number of amides is 1. The minimum atomic E-state index is -0.353. The van der Waals surface area contributed by atoms with Crippen molar-refractivity contribution in [3.05, 3.63) is 58.6 Å². The third-order valence-electron chi connectivity index (χ3n) is 5.36. The lowest BCUT2D eigenvalue weighted by atomic mass is 10.1. The first-order chi connectivity index (χ1) is 14.9. The maximum Gasteiger partial charge on any atom is 0.237 e. The van der Waals surface area contributed by atoms with Crippen LogP contribution in [-0.4, -0.2) is 39.0 Å². The van der Waals surface area contributed by atoms with Crippen molar-refractivity contribution in [2.45, 2.75) is 44.0 Å². The zero-order valence-corrected chi connectivity index (χ0v) is 19.5. The Balaban J connectivity index is 1.59. The predicted molar refractivity (Wildman–Crippen MR) is 128 cm³/mol. The molecule has 0 spiro atoms. The molecule has 6 nitrogen and oxygen atoms in total. The number of halogens is 1. The molecule has 0 bridgehead atoms. The molecule has 1 unspecified atom stereocenters. The van der Waals surface area contributed by atoms with Gasteiger partial charge in [0, 0.05) is 23.8 Å². The lowest BCUT2D eigenvalue weighted by Crippen LogP contribution is -2.24. The molecule has 4 rings (SSSR count). The SMILES string of the molecule is Cc1ccc(NC(=O)C(C)Sc2nnc(N3CCCC3)n2-c2cccc(Cl)c2)c(C)c1. The first kappa shape index (κ1) is 21.7. The lowest BCUT2D eigenvalue weighted by Gasteiger charge is -2.19. The summed E-state index contributed by atoms with van der Waals surface area (Å²) < 4.78 is 2.00. The highest BCUT2D eigenvalue weighted by Crippen LogP contribution is 2.32. The number of hydrogen-bond acceptors (Lipinski definition) is 5. The second-order valence-electron chi connectivity index (χ2n) is 7.86. The summed E-state index contributed by atoms with van der Waals surface area (Å²) in [4.78, 5) is 15.1. The number of carbonyl (C=O) groups excluding carboxylic acids is 1. The quantitative estimate of drug-likeness (QED) is 0.514. The summed E-state index contributed by atoms with van der Waals surface area (Å²) in [5, 5.41) is 12.9. The van der Waals surface area contributed by atoms with Crippen LogP contribution in [-0.2, 0) is 4.79 Å². The second-order valence-corrected chi connectivity index (χ2v) is 9.60. The number of carbonyl (C=O) groups is 1. The Labute approximate surface area is 192 Å². The molecule has 31 heavy (non-hydrogen) atoms. The van der Waals surface area contributed by atoms with Crippen molar-refractivity contribution in [2.24, 2.45) is 0 Å². The molecular weight excluding hydrogens is 430 g/mol. The van der Waals surface area contributed by atoms with Gasteiger partial charge in [-0.25, -0.2) is 0 Å². The van der Waals surface area contributed by atoms with E-state index in [1.54, 1.807) is 0 Å². The van der Waals surface area contributed by atoms with Gasteiger partial charge >= 0.3 is 0 Å². The van der Waals surface area contributed by atoms with Gasteiger partial charge in [-0.2, -0.15) is 0 Å². The zero-order chi connectivity index (χ0) is 22.0. The van der Waals surface area contributed by atoms with Crippen LogP contribution in [0.4, 0.5) is 11.6 Å². The summed E-state index contributed by atoms with van der Waals surface area (Å²) in [6, 6.07) is 13.6. The van der Waals surface area contributed by atoms with Gasteiger partial charge in [-0.15, -0.1) is 10.2 Å². The van der Waals surface area contributed by atoms with Crippen LogP contribution in [0, 0.1) is 13.8 Å². The number of aryl methyl sites for hydroxylation is 2. The Hall–Kier alpha value is -2.51. The molecular formula is C23H26ClN5OS. The fourth-order valence-corrected chi connectivity index (χ4v) is 4.75. The summed E-state index contributed by atoms with van der Waals surface area (Å²) >= 11 is 7.65. The van der Waals surface area contributed by atoms with Gasteiger partial charge in [0.25, 0.3) is 0 Å². The van der Waals surface area contributed by atoms with E-state index in [1.165, 1.54) is 17.3 Å². The molecule has 0 saturated carbocycles. The van der Waals surface area contributed by atoms with Crippen molar-refractivity contribution in [2.75, 3.05) is 23.3 Å². The van der Waals surface area contributed by atoms with E-state index in [-0.39, 0.29) is 11.2 Å². The number of hydrogen-bond donors (Lipinski definition) is 1.